The number of aliphatic hydroxyl groups excluding tert-OH is 8. The van der Waals surface area contributed by atoms with E-state index in [2.05, 4.69) is 19.2 Å². The first-order chi connectivity index (χ1) is 43.1. The molecule has 2 saturated heterocycles. The van der Waals surface area contributed by atoms with Gasteiger partial charge >= 0.3 is 0 Å². The zero-order valence-corrected chi connectivity index (χ0v) is 57.0. The van der Waals surface area contributed by atoms with Crippen molar-refractivity contribution in [2.45, 2.75) is 434 Å². The van der Waals surface area contributed by atoms with E-state index in [0.29, 0.717) is 0 Å². The van der Waals surface area contributed by atoms with Crippen molar-refractivity contribution in [3.05, 3.63) is 12.2 Å². The molecule has 0 aliphatic carbocycles. The van der Waals surface area contributed by atoms with Crippen LogP contribution in [0.2, 0.25) is 0 Å². The Labute approximate surface area is 539 Å². The van der Waals surface area contributed by atoms with Crippen LogP contribution in [0, 0.1) is 0 Å². The van der Waals surface area contributed by atoms with Crippen LogP contribution in [0.3, 0.4) is 0 Å². The predicted molar refractivity (Wildman–Crippen MR) is 360 cm³/mol. The minimum Gasteiger partial charge on any atom is -0.394 e. The molecule has 2 heterocycles. The molecule has 1 amide bonds. The van der Waals surface area contributed by atoms with Gasteiger partial charge in [0.05, 0.1) is 32.0 Å². The molecule has 0 radical (unpaired) electrons. The zero-order valence-electron chi connectivity index (χ0n) is 57.0. The minimum absolute atomic E-state index is 0.229. The van der Waals surface area contributed by atoms with E-state index in [9.17, 15) is 45.6 Å². The number of ether oxygens (including phenoxy) is 4. The van der Waals surface area contributed by atoms with Gasteiger partial charge in [0.2, 0.25) is 5.91 Å². The average molecular weight is 1250 g/mol. The third-order valence-electron chi connectivity index (χ3n) is 19.0. The van der Waals surface area contributed by atoms with Crippen LogP contribution in [-0.2, 0) is 23.7 Å². The zero-order chi connectivity index (χ0) is 63.8. The highest BCUT2D eigenvalue weighted by atomic mass is 16.7. The number of aliphatic hydroxyl groups is 8. The Kier molecular flexibility index (Phi) is 56.0. The van der Waals surface area contributed by atoms with Crippen LogP contribution < -0.4 is 5.32 Å². The van der Waals surface area contributed by atoms with Crippen LogP contribution in [0.4, 0.5) is 0 Å². The number of nitrogens with one attached hydrogen (secondary N) is 1. The summed E-state index contributed by atoms with van der Waals surface area (Å²) in [5, 5.41) is 87.6. The lowest BCUT2D eigenvalue weighted by atomic mass is 9.97. The summed E-state index contributed by atoms with van der Waals surface area (Å²) in [5.74, 6) is -0.229. The highest BCUT2D eigenvalue weighted by Gasteiger charge is 2.51. The molecule has 12 atom stereocenters. The van der Waals surface area contributed by atoms with Gasteiger partial charge < -0.3 is 65.1 Å². The fourth-order valence-electron chi connectivity index (χ4n) is 12.9. The molecule has 0 aromatic heterocycles. The van der Waals surface area contributed by atoms with E-state index in [4.69, 9.17) is 18.9 Å². The van der Waals surface area contributed by atoms with E-state index in [1.165, 1.54) is 295 Å². The number of hydrogen-bond acceptors (Lipinski definition) is 13. The maximum absolute atomic E-state index is 13.4. The number of unbranched alkanes of at least 4 members (excludes halogenated alkanes) is 51. The van der Waals surface area contributed by atoms with Crippen LogP contribution in [0.15, 0.2) is 12.2 Å². The summed E-state index contributed by atoms with van der Waals surface area (Å²) in [6, 6.07) is -0.912. The SMILES string of the molecule is CCCCCCCCCCCCCCCCCCCCCCCC/C=C/C(O)C(COC1OC(CO)C(OC2OC(CO)C(O)C(O)C2O)C(O)C1O)NC(=O)CCCCCCCCCCCCCCCCCCCCCCCCCCCCCCCC. The van der Waals surface area contributed by atoms with E-state index < -0.39 is 86.8 Å². The first-order valence-corrected chi connectivity index (χ1v) is 37.9. The summed E-state index contributed by atoms with van der Waals surface area (Å²) in [4.78, 5) is 13.4. The van der Waals surface area contributed by atoms with Crippen LogP contribution in [-0.4, -0.2) is 140 Å². The van der Waals surface area contributed by atoms with Crippen molar-refractivity contribution in [2.75, 3.05) is 19.8 Å². The number of carbonyl (C=O) groups excluding carboxylic acids is 1. The number of hydrogen-bond donors (Lipinski definition) is 9. The molecule has 2 aliphatic rings. The number of allylic oxidation sites excluding steroid dienone is 1. The second kappa shape index (κ2) is 59.5. The lowest BCUT2D eigenvalue weighted by molar-refractivity contribution is -0.359. The molecule has 2 fully saturated rings. The summed E-state index contributed by atoms with van der Waals surface area (Å²) in [7, 11) is 0. The molecule has 0 saturated carbocycles. The molecule has 0 bridgehead atoms. The maximum atomic E-state index is 13.4. The van der Waals surface area contributed by atoms with Gasteiger partial charge in [0.25, 0.3) is 0 Å². The van der Waals surface area contributed by atoms with Crippen LogP contribution in [0.25, 0.3) is 0 Å². The van der Waals surface area contributed by atoms with E-state index in [0.717, 1.165) is 44.9 Å². The van der Waals surface area contributed by atoms with Gasteiger partial charge in [0.1, 0.15) is 48.8 Å². The van der Waals surface area contributed by atoms with Crippen molar-refractivity contribution < 1.29 is 64.6 Å². The first-order valence-electron chi connectivity index (χ1n) is 37.9. The van der Waals surface area contributed by atoms with Crippen molar-refractivity contribution in [2.24, 2.45) is 0 Å². The highest BCUT2D eigenvalue weighted by Crippen LogP contribution is 2.30. The molecule has 0 aromatic carbocycles. The lowest BCUT2D eigenvalue weighted by Gasteiger charge is -2.46. The largest absolute Gasteiger partial charge is 0.394 e. The van der Waals surface area contributed by atoms with Crippen molar-refractivity contribution in [1.82, 2.24) is 5.32 Å². The van der Waals surface area contributed by atoms with E-state index in [1.807, 2.05) is 6.08 Å². The van der Waals surface area contributed by atoms with Crippen molar-refractivity contribution in [3.8, 4) is 0 Å². The van der Waals surface area contributed by atoms with E-state index in [-0.39, 0.29) is 18.9 Å². The topological polar surface area (TPSA) is 228 Å². The first kappa shape index (κ1) is 82.8. The fraction of sp³-hybridized carbons (Fsp3) is 0.959. The van der Waals surface area contributed by atoms with E-state index >= 15 is 0 Å². The van der Waals surface area contributed by atoms with Gasteiger partial charge in [-0.2, -0.15) is 0 Å². The molecule has 0 spiro atoms. The average Bonchev–Trinajstić information content (AvgIpc) is 2.08. The molecule has 14 nitrogen and oxygen atoms in total. The van der Waals surface area contributed by atoms with Crippen molar-refractivity contribution >= 4 is 5.91 Å². The van der Waals surface area contributed by atoms with Gasteiger partial charge in [-0.1, -0.05) is 347 Å². The van der Waals surface area contributed by atoms with Crippen LogP contribution in [0.5, 0.6) is 0 Å². The standard InChI is InChI=1S/C74H143NO13/c1-3-5-7-9-11-13-15-17-19-21-23-25-27-29-30-31-32-33-34-36-38-40-42-44-46-48-50-52-54-56-58-66(79)75-62(61-85-73-71(84)69(82)72(65(60-77)87-73)88-74-70(83)68(81)67(80)64(59-76)86-74)63(78)57-55-53-51-49-47-45-43-41-39-37-35-28-26-24-22-20-18-16-14-12-10-8-6-4-2/h55,57,62-65,67-74,76-78,80-84H,3-54,56,58-61H2,1-2H3,(H,75,79)/b57-55+. The third-order valence-corrected chi connectivity index (χ3v) is 19.0. The number of rotatable bonds is 64. The summed E-state index contributed by atoms with van der Waals surface area (Å²) in [6.45, 7) is 2.87. The Morgan fingerprint density at radius 1 is 0.398 bits per heavy atom. The second-order valence-corrected chi connectivity index (χ2v) is 27.1. The molecule has 0 aromatic rings. The Bertz CT molecular complexity index is 1520. The molecule has 9 N–H and O–H groups in total. The normalized spacial score (nSPS) is 23.1. The van der Waals surface area contributed by atoms with Crippen molar-refractivity contribution in [3.63, 3.8) is 0 Å². The molecule has 2 rings (SSSR count). The van der Waals surface area contributed by atoms with Crippen molar-refractivity contribution in [1.29, 1.82) is 0 Å². The molecule has 12 unspecified atom stereocenters. The fourth-order valence-corrected chi connectivity index (χ4v) is 12.9. The minimum atomic E-state index is -1.79. The summed E-state index contributed by atoms with van der Waals surface area (Å²) < 4.78 is 22.9. The predicted octanol–water partition coefficient (Wildman–Crippen LogP) is 16.1. The molecular weight excluding hydrogens is 1110 g/mol. The van der Waals surface area contributed by atoms with Gasteiger partial charge in [0.15, 0.2) is 12.6 Å². The summed E-state index contributed by atoms with van der Waals surface area (Å²) in [5.41, 5.74) is 0. The molecule has 2 aliphatic heterocycles. The van der Waals surface area contributed by atoms with Gasteiger partial charge in [-0.05, 0) is 19.3 Å². The third kappa shape index (κ3) is 42.9. The second-order valence-electron chi connectivity index (χ2n) is 27.1. The van der Waals surface area contributed by atoms with Crippen LogP contribution >= 0.6 is 0 Å². The number of carbonyl (C=O) groups is 1. The molecular formula is C74H143NO13. The molecule has 88 heavy (non-hydrogen) atoms. The highest BCUT2D eigenvalue weighted by molar-refractivity contribution is 5.76. The Morgan fingerprint density at radius 2 is 0.705 bits per heavy atom. The summed E-state index contributed by atoms with van der Waals surface area (Å²) >= 11 is 0. The Balaban J connectivity index is 1.64. The monoisotopic (exact) mass is 1250 g/mol. The molecule has 522 valence electrons. The van der Waals surface area contributed by atoms with Gasteiger partial charge in [-0.25, -0.2) is 0 Å². The lowest BCUT2D eigenvalue weighted by Crippen LogP contribution is -2.65. The Hall–Kier alpha value is -1.27. The van der Waals surface area contributed by atoms with Gasteiger partial charge in [-0.15, -0.1) is 0 Å². The van der Waals surface area contributed by atoms with E-state index in [1.54, 1.807) is 6.08 Å². The summed E-state index contributed by atoms with van der Waals surface area (Å²) in [6.07, 6.45) is 57.1. The number of amides is 1. The van der Waals surface area contributed by atoms with Gasteiger partial charge in [0, 0.05) is 6.42 Å². The molecule has 14 heteroatoms. The maximum Gasteiger partial charge on any atom is 0.220 e. The Morgan fingerprint density at radius 3 is 1.05 bits per heavy atom. The van der Waals surface area contributed by atoms with Crippen LogP contribution in [0.1, 0.15) is 361 Å². The van der Waals surface area contributed by atoms with Gasteiger partial charge in [-0.3, -0.25) is 4.79 Å². The quantitative estimate of drug-likeness (QED) is 0.0204. The smallest absolute Gasteiger partial charge is 0.220 e.